The zero-order chi connectivity index (χ0) is 33.3. The number of hydrogen-bond donors (Lipinski definition) is 3. The first-order valence-electron chi connectivity index (χ1n) is 18.2. The molecule has 3 N–H and O–H groups in total. The van der Waals surface area contributed by atoms with Crippen molar-refractivity contribution in [1.82, 2.24) is 5.32 Å². The Labute approximate surface area is 277 Å². The highest BCUT2D eigenvalue weighted by atomic mass is 16.4. The average Bonchev–Trinajstić information content (AvgIpc) is 3.37. The van der Waals surface area contributed by atoms with E-state index in [0.717, 1.165) is 19.5 Å². The first kappa shape index (κ1) is 33.5. The lowest BCUT2D eigenvalue weighted by atomic mass is 9.32. The second kappa shape index (κ2) is 11.6. The molecule has 9 atom stereocenters. The number of carboxylic acid groups (broad SMARTS) is 2. The molecule has 0 saturated heterocycles. The molecule has 0 bridgehead atoms. The van der Waals surface area contributed by atoms with Crippen molar-refractivity contribution in [3.8, 4) is 0 Å². The molecule has 4 fully saturated rings. The molecule has 4 saturated carbocycles. The van der Waals surface area contributed by atoms with Gasteiger partial charge in [-0.25, -0.2) is 4.79 Å². The summed E-state index contributed by atoms with van der Waals surface area (Å²) >= 11 is 0. The molecule has 5 nitrogen and oxygen atoms in total. The topological polar surface area (TPSA) is 86.6 Å². The highest BCUT2D eigenvalue weighted by molar-refractivity contribution is 5.88. The molecule has 0 aliphatic heterocycles. The Morgan fingerprint density at radius 1 is 0.891 bits per heavy atom. The Balaban J connectivity index is 1.29. The largest absolute Gasteiger partial charge is 0.481 e. The Kier molecular flexibility index (Phi) is 8.47. The third-order valence-corrected chi connectivity index (χ3v) is 15.5. The van der Waals surface area contributed by atoms with Crippen molar-refractivity contribution >= 4 is 17.5 Å². The van der Waals surface area contributed by atoms with Crippen LogP contribution < -0.4 is 5.32 Å². The average molecular weight is 630 g/mol. The number of nitrogens with one attached hydrogen (secondary N) is 1. The Bertz CT molecular complexity index is 1410. The highest BCUT2D eigenvalue weighted by Gasteiger charge is 2.70. The first-order chi connectivity index (χ1) is 21.6. The van der Waals surface area contributed by atoms with E-state index >= 15 is 0 Å². The van der Waals surface area contributed by atoms with Gasteiger partial charge >= 0.3 is 11.9 Å². The molecule has 1 aromatic carbocycles. The number of hydrogen-bond acceptors (Lipinski definition) is 3. The number of fused-ring (bicyclic) bond motifs is 7. The van der Waals surface area contributed by atoms with Crippen molar-refractivity contribution in [2.45, 2.75) is 112 Å². The third kappa shape index (κ3) is 4.96. The van der Waals surface area contributed by atoms with Gasteiger partial charge in [-0.15, -0.1) is 0 Å². The summed E-state index contributed by atoms with van der Waals surface area (Å²) in [6.45, 7) is 21.6. The molecule has 9 unspecified atom stereocenters. The molecule has 46 heavy (non-hydrogen) atoms. The summed E-state index contributed by atoms with van der Waals surface area (Å²) < 4.78 is 0. The fraction of sp³-hybridized carbons (Fsp3) is 0.707. The number of allylic oxidation sites excluding steroid dienone is 3. The van der Waals surface area contributed by atoms with Crippen molar-refractivity contribution in [1.29, 1.82) is 0 Å². The second-order valence-electron chi connectivity index (χ2n) is 17.6. The van der Waals surface area contributed by atoms with Crippen LogP contribution in [0.15, 0.2) is 42.5 Å². The molecule has 252 valence electrons. The maximum atomic E-state index is 11.5. The van der Waals surface area contributed by atoms with Gasteiger partial charge < -0.3 is 15.5 Å². The predicted molar refractivity (Wildman–Crippen MR) is 185 cm³/mol. The smallest absolute Gasteiger partial charge is 0.335 e. The van der Waals surface area contributed by atoms with Crippen molar-refractivity contribution in [3.63, 3.8) is 0 Å². The first-order valence-corrected chi connectivity index (χ1v) is 18.2. The summed E-state index contributed by atoms with van der Waals surface area (Å²) in [6, 6.07) is 7.57. The Hall–Kier alpha value is -2.40. The van der Waals surface area contributed by atoms with Gasteiger partial charge in [0, 0.05) is 13.0 Å². The van der Waals surface area contributed by atoms with Gasteiger partial charge in [0.05, 0.1) is 5.56 Å². The van der Waals surface area contributed by atoms with Crippen LogP contribution in [0.4, 0.5) is 0 Å². The molecule has 6 rings (SSSR count). The van der Waals surface area contributed by atoms with E-state index in [4.69, 9.17) is 5.11 Å². The fourth-order valence-electron chi connectivity index (χ4n) is 13.2. The van der Waals surface area contributed by atoms with E-state index < -0.39 is 11.9 Å². The van der Waals surface area contributed by atoms with Crippen LogP contribution in [0.25, 0.3) is 5.57 Å². The monoisotopic (exact) mass is 629 g/mol. The zero-order valence-corrected chi connectivity index (χ0v) is 29.4. The summed E-state index contributed by atoms with van der Waals surface area (Å²) in [4.78, 5) is 22.6. The molecular formula is C41H59NO4. The van der Waals surface area contributed by atoms with E-state index in [-0.39, 0.29) is 22.7 Å². The molecular weight excluding hydrogens is 570 g/mol. The summed E-state index contributed by atoms with van der Waals surface area (Å²) in [6.07, 6.45) is 14.8. The summed E-state index contributed by atoms with van der Waals surface area (Å²) in [5.74, 6) is 1.63. The highest BCUT2D eigenvalue weighted by Crippen LogP contribution is 2.77. The summed E-state index contributed by atoms with van der Waals surface area (Å²) in [5, 5.41) is 22.3. The fourth-order valence-corrected chi connectivity index (χ4v) is 13.2. The van der Waals surface area contributed by atoms with Crippen LogP contribution in [-0.4, -0.2) is 35.2 Å². The van der Waals surface area contributed by atoms with Crippen LogP contribution in [0.5, 0.6) is 0 Å². The van der Waals surface area contributed by atoms with Gasteiger partial charge in [-0.2, -0.15) is 0 Å². The quantitative estimate of drug-likeness (QED) is 0.187. The Morgan fingerprint density at radius 2 is 1.61 bits per heavy atom. The number of carbonyl (C=O) groups is 2. The SMILES string of the molecule is C=C(C)C1CCC2(CNCCCC(=O)O)CCC3(C)C(CCC4C5(C)CC=C(c6ccc(C(=O)O)cc6)C(C)(C)C5CCC43C)C12. The van der Waals surface area contributed by atoms with Gasteiger partial charge in [0.15, 0.2) is 0 Å². The van der Waals surface area contributed by atoms with Crippen molar-refractivity contribution in [3.05, 3.63) is 53.6 Å². The van der Waals surface area contributed by atoms with E-state index in [1.807, 2.05) is 12.1 Å². The van der Waals surface area contributed by atoms with Gasteiger partial charge in [0.25, 0.3) is 0 Å². The number of benzene rings is 1. The van der Waals surface area contributed by atoms with Crippen LogP contribution >= 0.6 is 0 Å². The van der Waals surface area contributed by atoms with Crippen LogP contribution in [0.2, 0.25) is 0 Å². The lowest BCUT2D eigenvalue weighted by Crippen LogP contribution is -2.65. The maximum Gasteiger partial charge on any atom is 0.335 e. The normalized spacial score (nSPS) is 40.9. The molecule has 5 heteroatoms. The molecule has 0 heterocycles. The van der Waals surface area contributed by atoms with Crippen molar-refractivity contribution in [2.75, 3.05) is 13.1 Å². The van der Waals surface area contributed by atoms with Crippen molar-refractivity contribution in [2.24, 2.45) is 56.7 Å². The van der Waals surface area contributed by atoms with E-state index in [0.29, 0.717) is 52.4 Å². The molecule has 5 aliphatic carbocycles. The van der Waals surface area contributed by atoms with Crippen LogP contribution in [-0.2, 0) is 4.79 Å². The minimum absolute atomic E-state index is 0.0152. The molecule has 0 radical (unpaired) electrons. The minimum atomic E-state index is -0.870. The van der Waals surface area contributed by atoms with Crippen molar-refractivity contribution < 1.29 is 19.8 Å². The molecule has 5 aliphatic rings. The van der Waals surface area contributed by atoms with Gasteiger partial charge in [-0.1, -0.05) is 65.0 Å². The third-order valence-electron chi connectivity index (χ3n) is 15.5. The summed E-state index contributed by atoms with van der Waals surface area (Å²) in [5.41, 5.74) is 5.41. The van der Waals surface area contributed by atoms with Gasteiger partial charge in [0.1, 0.15) is 0 Å². The van der Waals surface area contributed by atoms with Crippen LogP contribution in [0, 0.1) is 56.7 Å². The number of aliphatic carboxylic acids is 1. The second-order valence-corrected chi connectivity index (χ2v) is 17.6. The molecule has 0 amide bonds. The lowest BCUT2D eigenvalue weighted by molar-refractivity contribution is -0.225. The maximum absolute atomic E-state index is 11.5. The van der Waals surface area contributed by atoms with E-state index in [2.05, 4.69) is 59.5 Å². The van der Waals surface area contributed by atoms with Crippen LogP contribution in [0.3, 0.4) is 0 Å². The predicted octanol–water partition coefficient (Wildman–Crippen LogP) is 9.49. The lowest BCUT2D eigenvalue weighted by Gasteiger charge is -2.72. The van der Waals surface area contributed by atoms with Gasteiger partial charge in [-0.3, -0.25) is 4.79 Å². The summed E-state index contributed by atoms with van der Waals surface area (Å²) in [7, 11) is 0. The number of aromatic carboxylic acids is 1. The standard InChI is InChI=1S/C41H59NO4/c1-26(2)29-16-21-41(25-42-24-8-9-34(43)44)23-22-39(6)31(35(29)41)14-15-33-38(5)19-17-30(27-10-12-28(13-11-27)36(45)46)37(3,4)32(38)18-20-40(33,39)7/h10-13,17,29,31-33,35,42H,1,8-9,14-16,18-25H2,2-7H3,(H,43,44)(H,45,46). The van der Waals surface area contributed by atoms with Gasteiger partial charge in [-0.05, 0) is 158 Å². The molecule has 1 aromatic rings. The number of rotatable bonds is 9. The minimum Gasteiger partial charge on any atom is -0.481 e. The number of carboxylic acids is 2. The van der Waals surface area contributed by atoms with E-state index in [1.165, 1.54) is 68.1 Å². The zero-order valence-electron chi connectivity index (χ0n) is 29.4. The Morgan fingerprint density at radius 3 is 2.26 bits per heavy atom. The van der Waals surface area contributed by atoms with Gasteiger partial charge in [0.2, 0.25) is 0 Å². The van der Waals surface area contributed by atoms with E-state index in [9.17, 15) is 14.7 Å². The molecule has 0 aromatic heterocycles. The molecule has 0 spiro atoms. The van der Waals surface area contributed by atoms with E-state index in [1.54, 1.807) is 12.1 Å². The van der Waals surface area contributed by atoms with Crippen LogP contribution in [0.1, 0.15) is 128 Å².